The zero-order valence-electron chi connectivity index (χ0n) is 23.6. The van der Waals surface area contributed by atoms with Crippen molar-refractivity contribution in [3.05, 3.63) is 114 Å². The van der Waals surface area contributed by atoms with Crippen LogP contribution >= 0.6 is 0 Å². The number of hydrogen-bond donors (Lipinski definition) is 2. The van der Waals surface area contributed by atoms with Crippen LogP contribution in [0.15, 0.2) is 103 Å². The molecular weight excluding hydrogens is 512 g/mol. The van der Waals surface area contributed by atoms with E-state index in [1.54, 1.807) is 6.07 Å². The van der Waals surface area contributed by atoms with E-state index in [4.69, 9.17) is 10.8 Å². The standard InChI is InChI=1S/C34H40N4O3/c1-2-3-4-5-12-21-29(34(40)41)36-32(27-18-10-7-11-19-27)28-20-13-14-22-30(28)38(35)33(39)31-23-15-24-37(31)25-26-16-8-6-9-17-26/h2,6-11,13-14,16-20,22,29,31H,1,3-5,12,15,21,23-25,35H2,(H,40,41). The summed E-state index contributed by atoms with van der Waals surface area (Å²) < 4.78 is 0. The number of unbranched alkanes of at least 4 members (excludes halogenated alkanes) is 3. The second-order valence-corrected chi connectivity index (χ2v) is 10.5. The topological polar surface area (TPSA) is 99.2 Å². The molecule has 0 bridgehead atoms. The molecule has 0 radical (unpaired) electrons. The number of rotatable bonds is 14. The number of hydrogen-bond acceptors (Lipinski definition) is 5. The number of carboxylic acids is 1. The smallest absolute Gasteiger partial charge is 0.328 e. The van der Waals surface area contributed by atoms with E-state index in [0.29, 0.717) is 29.9 Å². The van der Waals surface area contributed by atoms with Crippen LogP contribution in [0.5, 0.6) is 0 Å². The van der Waals surface area contributed by atoms with Crippen molar-refractivity contribution < 1.29 is 14.7 Å². The number of nitrogens with zero attached hydrogens (tertiary/aromatic N) is 3. The summed E-state index contributed by atoms with van der Waals surface area (Å²) in [6, 6.07) is 25.7. The number of para-hydroxylation sites is 1. The monoisotopic (exact) mass is 552 g/mol. The van der Waals surface area contributed by atoms with Gasteiger partial charge in [-0.05, 0) is 50.3 Å². The Morgan fingerprint density at radius 3 is 2.39 bits per heavy atom. The SMILES string of the molecule is C=CCCCCCC(N=C(c1ccccc1)c1ccccc1N(N)C(=O)C1CCCN1Cc1ccccc1)C(=O)O. The summed E-state index contributed by atoms with van der Waals surface area (Å²) in [6.45, 7) is 5.26. The Hall–Kier alpha value is -4.07. The van der Waals surface area contributed by atoms with Gasteiger partial charge in [-0.3, -0.25) is 14.7 Å². The number of amides is 1. The lowest BCUT2D eigenvalue weighted by molar-refractivity contribution is -0.138. The number of likely N-dealkylation sites (tertiary alicyclic amines) is 1. The first-order chi connectivity index (χ1) is 20.0. The second kappa shape index (κ2) is 15.1. The maximum atomic E-state index is 13.8. The van der Waals surface area contributed by atoms with Gasteiger partial charge in [-0.1, -0.05) is 97.8 Å². The third-order valence-electron chi connectivity index (χ3n) is 7.54. The van der Waals surface area contributed by atoms with Crippen LogP contribution in [0.25, 0.3) is 0 Å². The molecule has 1 heterocycles. The van der Waals surface area contributed by atoms with Gasteiger partial charge in [0.05, 0.1) is 17.4 Å². The average molecular weight is 553 g/mol. The molecule has 7 nitrogen and oxygen atoms in total. The van der Waals surface area contributed by atoms with Gasteiger partial charge in [-0.15, -0.1) is 6.58 Å². The molecule has 2 unspecified atom stereocenters. The third-order valence-corrected chi connectivity index (χ3v) is 7.54. The van der Waals surface area contributed by atoms with Crippen molar-refractivity contribution in [3.63, 3.8) is 0 Å². The van der Waals surface area contributed by atoms with E-state index in [1.807, 2.05) is 72.8 Å². The molecule has 0 aliphatic carbocycles. The van der Waals surface area contributed by atoms with Gasteiger partial charge in [0.15, 0.2) is 0 Å². The lowest BCUT2D eigenvalue weighted by Gasteiger charge is -2.29. The number of carbonyl (C=O) groups excluding carboxylic acids is 1. The highest BCUT2D eigenvalue weighted by molar-refractivity contribution is 6.18. The molecule has 1 aliphatic heterocycles. The van der Waals surface area contributed by atoms with E-state index < -0.39 is 12.0 Å². The maximum Gasteiger partial charge on any atom is 0.328 e. The molecule has 1 fully saturated rings. The van der Waals surface area contributed by atoms with Gasteiger partial charge in [0.25, 0.3) is 5.91 Å². The molecule has 2 atom stereocenters. The molecule has 3 N–H and O–H groups in total. The number of allylic oxidation sites excluding steroid dienone is 1. The molecule has 41 heavy (non-hydrogen) atoms. The number of carbonyl (C=O) groups is 2. The quantitative estimate of drug-likeness (QED) is 0.0640. The number of aliphatic carboxylic acids is 1. The van der Waals surface area contributed by atoms with Gasteiger partial charge in [-0.2, -0.15) is 0 Å². The molecule has 0 spiro atoms. The summed E-state index contributed by atoms with van der Waals surface area (Å²) in [5.41, 5.74) is 3.56. The van der Waals surface area contributed by atoms with Crippen LogP contribution in [-0.2, 0) is 16.1 Å². The lowest BCUT2D eigenvalue weighted by Crippen LogP contribution is -2.49. The normalized spacial score (nSPS) is 16.3. The van der Waals surface area contributed by atoms with Crippen molar-refractivity contribution in [2.24, 2.45) is 10.8 Å². The number of hydrazine groups is 1. The fraction of sp³-hybridized carbons (Fsp3) is 0.324. The first-order valence-corrected chi connectivity index (χ1v) is 14.4. The van der Waals surface area contributed by atoms with E-state index >= 15 is 0 Å². The third kappa shape index (κ3) is 7.99. The van der Waals surface area contributed by atoms with Crippen LogP contribution in [0.4, 0.5) is 5.69 Å². The van der Waals surface area contributed by atoms with Crippen LogP contribution in [0.3, 0.4) is 0 Å². The van der Waals surface area contributed by atoms with Gasteiger partial charge in [-0.25, -0.2) is 15.6 Å². The number of anilines is 1. The molecule has 4 rings (SSSR count). The molecule has 214 valence electrons. The zero-order valence-corrected chi connectivity index (χ0v) is 23.6. The summed E-state index contributed by atoms with van der Waals surface area (Å²) in [5.74, 6) is 5.43. The molecule has 3 aromatic rings. The molecule has 1 aliphatic rings. The Bertz CT molecular complexity index is 1330. The first kappa shape index (κ1) is 29.9. The van der Waals surface area contributed by atoms with E-state index in [0.717, 1.165) is 56.2 Å². The van der Waals surface area contributed by atoms with Gasteiger partial charge in [0, 0.05) is 17.7 Å². The van der Waals surface area contributed by atoms with Crippen LogP contribution in [-0.4, -0.2) is 46.2 Å². The molecule has 0 saturated carbocycles. The molecule has 1 saturated heterocycles. The number of carboxylic acid groups (broad SMARTS) is 1. The molecule has 1 amide bonds. The van der Waals surface area contributed by atoms with Gasteiger partial charge in [0.2, 0.25) is 0 Å². The minimum atomic E-state index is -0.970. The molecular formula is C34H40N4O3. The highest BCUT2D eigenvalue weighted by Crippen LogP contribution is 2.27. The van der Waals surface area contributed by atoms with Crippen molar-refractivity contribution in [1.29, 1.82) is 0 Å². The zero-order chi connectivity index (χ0) is 29.0. The van der Waals surface area contributed by atoms with Gasteiger partial charge < -0.3 is 5.11 Å². The van der Waals surface area contributed by atoms with Gasteiger partial charge in [0.1, 0.15) is 6.04 Å². The Morgan fingerprint density at radius 2 is 1.68 bits per heavy atom. The van der Waals surface area contributed by atoms with E-state index in [2.05, 4.69) is 23.6 Å². The Balaban J connectivity index is 1.64. The van der Waals surface area contributed by atoms with Crippen molar-refractivity contribution in [2.75, 3.05) is 11.6 Å². The minimum Gasteiger partial charge on any atom is -0.480 e. The Kier molecular flexibility index (Phi) is 11.0. The number of benzene rings is 3. The fourth-order valence-corrected chi connectivity index (χ4v) is 5.37. The van der Waals surface area contributed by atoms with Crippen LogP contribution in [0.1, 0.15) is 61.6 Å². The lowest BCUT2D eigenvalue weighted by atomic mass is 9.98. The van der Waals surface area contributed by atoms with Crippen molar-refractivity contribution in [3.8, 4) is 0 Å². The predicted octanol–water partition coefficient (Wildman–Crippen LogP) is 5.99. The summed E-state index contributed by atoms with van der Waals surface area (Å²) in [6.07, 6.45) is 7.49. The van der Waals surface area contributed by atoms with E-state index in [9.17, 15) is 14.7 Å². The number of aliphatic imine (C=N–C) groups is 1. The second-order valence-electron chi connectivity index (χ2n) is 10.5. The summed E-state index contributed by atoms with van der Waals surface area (Å²) in [5, 5.41) is 11.3. The molecule has 3 aromatic carbocycles. The van der Waals surface area contributed by atoms with E-state index in [-0.39, 0.29) is 11.9 Å². The molecule has 7 heteroatoms. The maximum absolute atomic E-state index is 13.8. The van der Waals surface area contributed by atoms with Crippen molar-refractivity contribution in [1.82, 2.24) is 4.90 Å². The fourth-order valence-electron chi connectivity index (χ4n) is 5.37. The highest BCUT2D eigenvalue weighted by atomic mass is 16.4. The van der Waals surface area contributed by atoms with Crippen molar-refractivity contribution >= 4 is 23.3 Å². The largest absolute Gasteiger partial charge is 0.480 e. The minimum absolute atomic E-state index is 0.185. The number of nitrogens with two attached hydrogens (primary N) is 1. The highest BCUT2D eigenvalue weighted by Gasteiger charge is 2.34. The van der Waals surface area contributed by atoms with E-state index in [1.165, 1.54) is 5.01 Å². The summed E-state index contributed by atoms with van der Waals surface area (Å²) in [4.78, 5) is 33.1. The van der Waals surface area contributed by atoms with Gasteiger partial charge >= 0.3 is 5.97 Å². The summed E-state index contributed by atoms with van der Waals surface area (Å²) in [7, 11) is 0. The average Bonchev–Trinajstić information content (AvgIpc) is 3.46. The Morgan fingerprint density at radius 1 is 1.00 bits per heavy atom. The van der Waals surface area contributed by atoms with Crippen LogP contribution in [0.2, 0.25) is 0 Å². The molecule has 0 aromatic heterocycles. The predicted molar refractivity (Wildman–Crippen MR) is 165 cm³/mol. The van der Waals surface area contributed by atoms with Crippen molar-refractivity contribution in [2.45, 2.75) is 63.6 Å². The Labute approximate surface area is 243 Å². The first-order valence-electron chi connectivity index (χ1n) is 14.4. The van der Waals surface area contributed by atoms with Crippen LogP contribution < -0.4 is 10.9 Å². The van der Waals surface area contributed by atoms with Crippen LogP contribution in [0, 0.1) is 0 Å². The summed E-state index contributed by atoms with van der Waals surface area (Å²) >= 11 is 0.